The molecule has 5 nitrogen and oxygen atoms in total. The van der Waals surface area contributed by atoms with Crippen molar-refractivity contribution in [2.24, 2.45) is 10.7 Å². The van der Waals surface area contributed by atoms with Gasteiger partial charge in [-0.2, -0.15) is 5.26 Å². The summed E-state index contributed by atoms with van der Waals surface area (Å²) in [5.74, 6) is 0.716. The average Bonchev–Trinajstić information content (AvgIpc) is 3.75. The molecule has 0 radical (unpaired) electrons. The van der Waals surface area contributed by atoms with Crippen molar-refractivity contribution in [2.75, 3.05) is 0 Å². The van der Waals surface area contributed by atoms with Gasteiger partial charge < -0.3 is 15.6 Å². The summed E-state index contributed by atoms with van der Waals surface area (Å²) in [6.45, 7) is 0.604. The Balaban J connectivity index is 1.19. The first-order valence-electron chi connectivity index (χ1n) is 17.3. The lowest BCUT2D eigenvalue weighted by atomic mass is 10.0. The molecule has 0 aliphatic heterocycles. The van der Waals surface area contributed by atoms with Gasteiger partial charge in [-0.25, -0.2) is 4.99 Å². The summed E-state index contributed by atoms with van der Waals surface area (Å²) in [7, 11) is 0. The maximum Gasteiger partial charge on any atom is 0.130 e. The number of rotatable bonds is 7. The van der Waals surface area contributed by atoms with Crippen molar-refractivity contribution >= 4 is 59.2 Å². The van der Waals surface area contributed by atoms with Crippen LogP contribution in [0.15, 0.2) is 169 Å². The largest absolute Gasteiger partial charge is 0.366 e. The SMILES string of the molecule is N#Cc1ccc2c(c1)c1cc(-c3cccc4c3sc3ccccc34)ccc1n2-c1cccc(/C(=N/C(N)c2ccccc2)NCc2ccccc2)c1. The van der Waals surface area contributed by atoms with E-state index in [1.807, 2.05) is 72.0 Å². The Kier molecular flexibility index (Phi) is 8.05. The van der Waals surface area contributed by atoms with E-state index in [1.165, 1.54) is 25.7 Å². The molecule has 0 amide bonds. The minimum absolute atomic E-state index is 0.537. The molecule has 3 N–H and O–H groups in total. The normalized spacial score (nSPS) is 12.4. The van der Waals surface area contributed by atoms with E-state index in [9.17, 15) is 5.26 Å². The lowest BCUT2D eigenvalue weighted by molar-refractivity contribution is 0.760. The number of thiophene rings is 1. The number of hydrogen-bond donors (Lipinski definition) is 2. The first kappa shape index (κ1) is 31.5. The number of amidine groups is 1. The standard InChI is InChI=1S/C46H33N5S/c47-28-31-21-23-41-39(25-31)40-27-33(36-18-10-19-38-37-17-7-8-20-43(37)52-44(36)38)22-24-42(40)51(41)35-16-9-15-34(26-35)46(49-29-30-11-3-1-4-12-30)50-45(48)32-13-5-2-6-14-32/h1-27,45H,29,48H2,(H,49,50). The molecule has 2 heterocycles. The van der Waals surface area contributed by atoms with E-state index in [0.717, 1.165) is 49.7 Å². The zero-order valence-electron chi connectivity index (χ0n) is 28.2. The van der Waals surface area contributed by atoms with Crippen molar-refractivity contribution in [3.8, 4) is 22.9 Å². The molecule has 6 heteroatoms. The fourth-order valence-corrected chi connectivity index (χ4v) is 8.41. The summed E-state index contributed by atoms with van der Waals surface area (Å²) >= 11 is 1.84. The van der Waals surface area contributed by atoms with Gasteiger partial charge in [-0.3, -0.25) is 0 Å². The molecule has 0 spiro atoms. The average molecular weight is 688 g/mol. The third-order valence-corrected chi connectivity index (χ3v) is 10.9. The van der Waals surface area contributed by atoms with Gasteiger partial charge in [-0.05, 0) is 70.8 Å². The Hall–Kier alpha value is -6.52. The van der Waals surface area contributed by atoms with Crippen LogP contribution in [0.25, 0.3) is 58.8 Å². The van der Waals surface area contributed by atoms with Crippen LogP contribution in [-0.2, 0) is 6.54 Å². The highest BCUT2D eigenvalue weighted by atomic mass is 32.1. The first-order valence-corrected chi connectivity index (χ1v) is 18.1. The van der Waals surface area contributed by atoms with Gasteiger partial charge in [-0.15, -0.1) is 11.3 Å². The third kappa shape index (κ3) is 5.69. The maximum absolute atomic E-state index is 9.91. The second-order valence-electron chi connectivity index (χ2n) is 12.9. The van der Waals surface area contributed by atoms with E-state index in [0.29, 0.717) is 17.9 Å². The summed E-state index contributed by atoms with van der Waals surface area (Å²) in [6, 6.07) is 58.9. The number of aromatic nitrogens is 1. The highest BCUT2D eigenvalue weighted by Gasteiger charge is 2.17. The minimum atomic E-state index is -0.537. The van der Waals surface area contributed by atoms with Crippen LogP contribution >= 0.6 is 11.3 Å². The van der Waals surface area contributed by atoms with Gasteiger partial charge in [0.25, 0.3) is 0 Å². The zero-order chi connectivity index (χ0) is 35.0. The Morgan fingerprint density at radius 3 is 2.23 bits per heavy atom. The molecule has 0 saturated carbocycles. The fourth-order valence-electron chi connectivity index (χ4n) is 7.17. The van der Waals surface area contributed by atoms with Crippen molar-refractivity contribution in [1.29, 1.82) is 5.26 Å². The molecule has 9 aromatic rings. The van der Waals surface area contributed by atoms with Crippen LogP contribution in [-0.4, -0.2) is 10.4 Å². The molecule has 0 saturated heterocycles. The minimum Gasteiger partial charge on any atom is -0.366 e. The van der Waals surface area contributed by atoms with Crippen LogP contribution < -0.4 is 11.1 Å². The van der Waals surface area contributed by atoms with Crippen molar-refractivity contribution in [3.05, 3.63) is 186 Å². The van der Waals surface area contributed by atoms with Crippen LogP contribution in [0.4, 0.5) is 0 Å². The molecule has 7 aromatic carbocycles. The van der Waals surface area contributed by atoms with Gasteiger partial charge in [0, 0.05) is 48.7 Å². The molecule has 1 atom stereocenters. The third-order valence-electron chi connectivity index (χ3n) is 9.70. The second kappa shape index (κ2) is 13.3. The number of aliphatic imine (C=N–C) groups is 1. The number of nitriles is 1. The van der Waals surface area contributed by atoms with Gasteiger partial charge in [-0.1, -0.05) is 115 Å². The first-order chi connectivity index (χ1) is 25.6. The molecule has 1 unspecified atom stereocenters. The van der Waals surface area contributed by atoms with Gasteiger partial charge in [0.2, 0.25) is 0 Å². The predicted molar refractivity (Wildman–Crippen MR) is 217 cm³/mol. The number of nitrogens with zero attached hydrogens (tertiary/aromatic N) is 3. The van der Waals surface area contributed by atoms with Gasteiger partial charge in [0.15, 0.2) is 0 Å². The topological polar surface area (TPSA) is 79.1 Å². The molecular weight excluding hydrogens is 655 g/mol. The smallest absolute Gasteiger partial charge is 0.130 e. The Morgan fingerprint density at radius 2 is 1.40 bits per heavy atom. The molecule has 52 heavy (non-hydrogen) atoms. The van der Waals surface area contributed by atoms with Crippen LogP contribution in [0.1, 0.15) is 28.4 Å². The van der Waals surface area contributed by atoms with E-state index >= 15 is 0 Å². The molecule has 248 valence electrons. The highest BCUT2D eigenvalue weighted by molar-refractivity contribution is 7.26. The van der Waals surface area contributed by atoms with E-state index in [-0.39, 0.29) is 0 Å². The summed E-state index contributed by atoms with van der Waals surface area (Å²) < 4.78 is 4.85. The quantitative estimate of drug-likeness (QED) is 0.129. The Labute approximate surface area is 305 Å². The number of nitrogens with one attached hydrogen (secondary N) is 1. The van der Waals surface area contributed by atoms with Crippen molar-refractivity contribution in [3.63, 3.8) is 0 Å². The summed E-state index contributed by atoms with van der Waals surface area (Å²) in [6.07, 6.45) is -0.537. The lowest BCUT2D eigenvalue weighted by Gasteiger charge is -2.16. The number of benzene rings is 7. The molecule has 0 aliphatic rings. The molecule has 0 aliphatic carbocycles. The maximum atomic E-state index is 9.91. The van der Waals surface area contributed by atoms with Crippen LogP contribution in [0.5, 0.6) is 0 Å². The van der Waals surface area contributed by atoms with Crippen LogP contribution in [0, 0.1) is 11.3 Å². The molecule has 0 fully saturated rings. The number of nitrogens with two attached hydrogens (primary N) is 1. The van der Waals surface area contributed by atoms with Crippen LogP contribution in [0.3, 0.4) is 0 Å². The molecular formula is C46H33N5S. The van der Waals surface area contributed by atoms with Gasteiger partial charge in [0.1, 0.15) is 12.0 Å². The van der Waals surface area contributed by atoms with E-state index < -0.39 is 6.17 Å². The monoisotopic (exact) mass is 687 g/mol. The molecule has 2 aromatic heterocycles. The second-order valence-corrected chi connectivity index (χ2v) is 14.0. The summed E-state index contributed by atoms with van der Waals surface area (Å²) in [5.41, 5.74) is 15.8. The molecule has 9 rings (SSSR count). The Morgan fingerprint density at radius 1 is 0.692 bits per heavy atom. The Bertz CT molecular complexity index is 2830. The van der Waals surface area contributed by atoms with Crippen molar-refractivity contribution < 1.29 is 0 Å². The van der Waals surface area contributed by atoms with Gasteiger partial charge in [0.05, 0.1) is 22.7 Å². The predicted octanol–water partition coefficient (Wildman–Crippen LogP) is 10.9. The number of hydrogen-bond acceptors (Lipinski definition) is 4. The van der Waals surface area contributed by atoms with Crippen molar-refractivity contribution in [2.45, 2.75) is 12.7 Å². The zero-order valence-corrected chi connectivity index (χ0v) is 29.0. The summed E-state index contributed by atoms with van der Waals surface area (Å²) in [5, 5.41) is 18.2. The van der Waals surface area contributed by atoms with E-state index in [4.69, 9.17) is 10.7 Å². The fraction of sp³-hybridized carbons (Fsp3) is 0.0435. The lowest BCUT2D eigenvalue weighted by Crippen LogP contribution is -2.26. The van der Waals surface area contributed by atoms with E-state index in [1.54, 1.807) is 0 Å². The summed E-state index contributed by atoms with van der Waals surface area (Å²) in [4.78, 5) is 5.03. The van der Waals surface area contributed by atoms with Gasteiger partial charge >= 0.3 is 0 Å². The highest BCUT2D eigenvalue weighted by Crippen LogP contribution is 2.42. The molecule has 0 bridgehead atoms. The van der Waals surface area contributed by atoms with Crippen LogP contribution in [0.2, 0.25) is 0 Å². The number of fused-ring (bicyclic) bond motifs is 6. The van der Waals surface area contributed by atoms with Crippen molar-refractivity contribution in [1.82, 2.24) is 9.88 Å². The van der Waals surface area contributed by atoms with E-state index in [2.05, 4.69) is 119 Å².